The van der Waals surface area contributed by atoms with Crippen LogP contribution in [0.15, 0.2) is 103 Å². The van der Waals surface area contributed by atoms with E-state index in [1.54, 1.807) is 7.11 Å². The number of halogens is 1. The molecule has 2 nitrogen and oxygen atoms in total. The number of hydrogen-bond acceptors (Lipinski definition) is 2. The van der Waals surface area contributed by atoms with Crippen molar-refractivity contribution in [3.05, 3.63) is 125 Å². The van der Waals surface area contributed by atoms with Crippen molar-refractivity contribution < 1.29 is 4.74 Å². The zero-order valence-electron chi connectivity index (χ0n) is 21.0. The highest BCUT2D eigenvalue weighted by atomic mass is 35.5. The Balaban J connectivity index is 0.00000342. The predicted molar refractivity (Wildman–Crippen MR) is 151 cm³/mol. The summed E-state index contributed by atoms with van der Waals surface area (Å²) in [6.45, 7) is 4.24. The molecule has 0 aliphatic carbocycles. The quantitative estimate of drug-likeness (QED) is 0.225. The number of rotatable bonds is 10. The van der Waals surface area contributed by atoms with E-state index in [4.69, 9.17) is 4.74 Å². The van der Waals surface area contributed by atoms with E-state index >= 15 is 0 Å². The van der Waals surface area contributed by atoms with Crippen molar-refractivity contribution in [3.63, 3.8) is 0 Å². The van der Waals surface area contributed by atoms with Gasteiger partial charge in [0.1, 0.15) is 5.75 Å². The summed E-state index contributed by atoms with van der Waals surface area (Å²) in [6.07, 6.45) is 2.30. The summed E-state index contributed by atoms with van der Waals surface area (Å²) in [5.74, 6) is 1.33. The lowest BCUT2D eigenvalue weighted by Gasteiger charge is -2.22. The molecule has 0 unspecified atom stereocenters. The van der Waals surface area contributed by atoms with Gasteiger partial charge in [-0.05, 0) is 84.9 Å². The molecule has 0 radical (unpaired) electrons. The Morgan fingerprint density at radius 1 is 0.743 bits per heavy atom. The molecule has 0 atom stereocenters. The topological polar surface area (TPSA) is 12.5 Å². The molecule has 0 bridgehead atoms. The molecule has 4 rings (SSSR count). The van der Waals surface area contributed by atoms with Crippen LogP contribution in [0.25, 0.3) is 11.1 Å². The van der Waals surface area contributed by atoms with E-state index in [0.29, 0.717) is 5.92 Å². The van der Waals surface area contributed by atoms with Gasteiger partial charge < -0.3 is 9.64 Å². The fourth-order valence-electron chi connectivity index (χ4n) is 4.64. The molecule has 0 aliphatic rings. The maximum atomic E-state index is 5.30. The largest absolute Gasteiger partial charge is 0.497 e. The van der Waals surface area contributed by atoms with Gasteiger partial charge in [-0.25, -0.2) is 0 Å². The molecule has 0 saturated carbocycles. The standard InChI is InChI=1S/C32H35NO.ClH/c1-25-16-17-29(26-18-20-31(34-3)21-19-26)23-30(25)24-33(2)22-10-15-32(27-11-6-4-7-12-27)28-13-8-5-9-14-28;/h4-9,11-14,16-21,23,32H,10,15,22,24H2,1-3H3;1H. The second kappa shape index (κ2) is 13.1. The lowest BCUT2D eigenvalue weighted by Crippen LogP contribution is -2.20. The van der Waals surface area contributed by atoms with Crippen molar-refractivity contribution in [1.29, 1.82) is 0 Å². The summed E-state index contributed by atoms with van der Waals surface area (Å²) in [6, 6.07) is 36.9. The second-order valence-electron chi connectivity index (χ2n) is 9.12. The Kier molecular flexibility index (Phi) is 9.96. The van der Waals surface area contributed by atoms with Gasteiger partial charge >= 0.3 is 0 Å². The molecule has 0 spiro atoms. The van der Waals surface area contributed by atoms with Gasteiger partial charge in [-0.15, -0.1) is 12.4 Å². The summed E-state index contributed by atoms with van der Waals surface area (Å²) >= 11 is 0. The third-order valence-electron chi connectivity index (χ3n) is 6.65. The molecule has 0 N–H and O–H groups in total. The van der Waals surface area contributed by atoms with Crippen LogP contribution in [-0.2, 0) is 6.54 Å². The molecule has 0 saturated heterocycles. The first-order chi connectivity index (χ1) is 16.6. The van der Waals surface area contributed by atoms with E-state index in [0.717, 1.165) is 31.7 Å². The Hall–Kier alpha value is -3.07. The van der Waals surface area contributed by atoms with Crippen LogP contribution in [0.2, 0.25) is 0 Å². The average Bonchev–Trinajstić information content (AvgIpc) is 2.89. The van der Waals surface area contributed by atoms with Crippen molar-refractivity contribution in [2.45, 2.75) is 32.2 Å². The molecule has 182 valence electrons. The van der Waals surface area contributed by atoms with E-state index in [1.807, 2.05) is 12.1 Å². The Labute approximate surface area is 217 Å². The first-order valence-electron chi connectivity index (χ1n) is 12.2. The van der Waals surface area contributed by atoms with Gasteiger partial charge in [0.15, 0.2) is 0 Å². The van der Waals surface area contributed by atoms with E-state index < -0.39 is 0 Å². The zero-order chi connectivity index (χ0) is 23.8. The van der Waals surface area contributed by atoms with Gasteiger partial charge in [0.05, 0.1) is 7.11 Å². The van der Waals surface area contributed by atoms with E-state index in [9.17, 15) is 0 Å². The highest BCUT2D eigenvalue weighted by molar-refractivity contribution is 5.85. The monoisotopic (exact) mass is 485 g/mol. The molecular formula is C32H36ClNO. The Morgan fingerprint density at radius 3 is 1.89 bits per heavy atom. The van der Waals surface area contributed by atoms with Crippen LogP contribution in [0.5, 0.6) is 5.75 Å². The molecule has 0 amide bonds. The van der Waals surface area contributed by atoms with Gasteiger partial charge in [-0.2, -0.15) is 0 Å². The second-order valence-corrected chi connectivity index (χ2v) is 9.12. The Morgan fingerprint density at radius 2 is 1.31 bits per heavy atom. The summed E-state index contributed by atoms with van der Waals surface area (Å²) < 4.78 is 5.30. The molecule has 4 aromatic rings. The molecule has 0 fully saturated rings. The average molecular weight is 486 g/mol. The van der Waals surface area contributed by atoms with E-state index in [1.165, 1.54) is 33.4 Å². The summed E-state index contributed by atoms with van der Waals surface area (Å²) in [5.41, 5.74) is 8.01. The fraction of sp³-hybridized carbons (Fsp3) is 0.250. The van der Waals surface area contributed by atoms with Crippen LogP contribution < -0.4 is 4.74 Å². The minimum Gasteiger partial charge on any atom is -0.497 e. The molecule has 4 aromatic carbocycles. The smallest absolute Gasteiger partial charge is 0.118 e. The first-order valence-corrected chi connectivity index (χ1v) is 12.2. The molecule has 0 aromatic heterocycles. The van der Waals surface area contributed by atoms with Crippen molar-refractivity contribution in [1.82, 2.24) is 4.90 Å². The minimum atomic E-state index is 0. The summed E-state index contributed by atoms with van der Waals surface area (Å²) in [4.78, 5) is 2.45. The normalized spacial score (nSPS) is 10.9. The van der Waals surface area contributed by atoms with Crippen molar-refractivity contribution in [2.75, 3.05) is 20.7 Å². The van der Waals surface area contributed by atoms with Gasteiger partial charge in [-0.1, -0.05) is 84.9 Å². The first kappa shape index (κ1) is 26.5. The third kappa shape index (κ3) is 7.21. The lowest BCUT2D eigenvalue weighted by molar-refractivity contribution is 0.315. The van der Waals surface area contributed by atoms with Crippen LogP contribution in [0.1, 0.15) is 41.0 Å². The highest BCUT2D eigenvalue weighted by Gasteiger charge is 2.14. The van der Waals surface area contributed by atoms with Crippen LogP contribution in [-0.4, -0.2) is 25.6 Å². The highest BCUT2D eigenvalue weighted by Crippen LogP contribution is 2.29. The van der Waals surface area contributed by atoms with Crippen molar-refractivity contribution in [3.8, 4) is 16.9 Å². The molecule has 0 heterocycles. The lowest BCUT2D eigenvalue weighted by atomic mass is 9.87. The SMILES string of the molecule is COc1ccc(-c2ccc(C)c(CN(C)CCCC(c3ccccc3)c3ccccc3)c2)cc1.Cl. The number of hydrogen-bond donors (Lipinski definition) is 0. The summed E-state index contributed by atoms with van der Waals surface area (Å²) in [7, 11) is 3.94. The minimum absolute atomic E-state index is 0. The number of benzene rings is 4. The molecule has 3 heteroatoms. The van der Waals surface area contributed by atoms with Crippen LogP contribution in [0, 0.1) is 6.92 Å². The number of nitrogens with zero attached hydrogens (tertiary/aromatic N) is 1. The number of aryl methyl sites for hydroxylation is 1. The van der Waals surface area contributed by atoms with E-state index in [-0.39, 0.29) is 12.4 Å². The maximum Gasteiger partial charge on any atom is 0.118 e. The van der Waals surface area contributed by atoms with Crippen molar-refractivity contribution >= 4 is 12.4 Å². The van der Waals surface area contributed by atoms with Crippen molar-refractivity contribution in [2.24, 2.45) is 0 Å². The number of ether oxygens (including phenoxy) is 1. The van der Waals surface area contributed by atoms with Crippen LogP contribution in [0.4, 0.5) is 0 Å². The van der Waals surface area contributed by atoms with Gasteiger partial charge in [0.2, 0.25) is 0 Å². The maximum absolute atomic E-state index is 5.30. The third-order valence-corrected chi connectivity index (χ3v) is 6.65. The predicted octanol–water partition coefficient (Wildman–Crippen LogP) is 8.14. The fourth-order valence-corrected chi connectivity index (χ4v) is 4.64. The Bertz CT molecular complexity index is 1120. The summed E-state index contributed by atoms with van der Waals surface area (Å²) in [5, 5.41) is 0. The van der Waals surface area contributed by atoms with Gasteiger partial charge in [-0.3, -0.25) is 0 Å². The van der Waals surface area contributed by atoms with E-state index in [2.05, 4.69) is 110 Å². The van der Waals surface area contributed by atoms with Crippen LogP contribution >= 0.6 is 12.4 Å². The molecule has 0 aliphatic heterocycles. The molecular weight excluding hydrogens is 450 g/mol. The zero-order valence-corrected chi connectivity index (χ0v) is 21.8. The van der Waals surface area contributed by atoms with Gasteiger partial charge in [0, 0.05) is 12.5 Å². The number of methoxy groups -OCH3 is 1. The van der Waals surface area contributed by atoms with Gasteiger partial charge in [0.25, 0.3) is 0 Å². The van der Waals surface area contributed by atoms with Crippen LogP contribution in [0.3, 0.4) is 0 Å². The molecule has 35 heavy (non-hydrogen) atoms.